The van der Waals surface area contributed by atoms with Gasteiger partial charge in [-0.1, -0.05) is 11.6 Å². The molecule has 2 amide bonds. The Hall–Kier alpha value is -2.64. The Morgan fingerprint density at radius 3 is 2.42 bits per heavy atom. The molecule has 6 nitrogen and oxygen atoms in total. The van der Waals surface area contributed by atoms with E-state index in [1.165, 1.54) is 0 Å². The van der Waals surface area contributed by atoms with Gasteiger partial charge in [0.1, 0.15) is 11.3 Å². The van der Waals surface area contributed by atoms with Gasteiger partial charge in [-0.05, 0) is 62.0 Å². The molecular weight excluding hydrogens is 374 g/mol. The lowest BCUT2D eigenvalue weighted by Gasteiger charge is -2.16. The molecule has 0 saturated carbocycles. The molecule has 1 aliphatic rings. The number of carbonyl (C=O) groups excluding carboxylic acids is 2. The molecule has 0 radical (unpaired) electrons. The average molecular weight is 390 g/mol. The molecule has 1 saturated heterocycles. The number of aryl methyl sites for hydroxylation is 1. The maximum absolute atomic E-state index is 12.1. The summed E-state index contributed by atoms with van der Waals surface area (Å²) in [6.45, 7) is 3.81. The van der Waals surface area contributed by atoms with Crippen LogP contribution in [0.3, 0.4) is 0 Å². The zero-order chi connectivity index (χ0) is 19.0. The van der Waals surface area contributed by atoms with Crippen LogP contribution >= 0.6 is 23.8 Å². The largest absolute Gasteiger partial charge is 0.495 e. The highest BCUT2D eigenvalue weighted by atomic mass is 35.5. The van der Waals surface area contributed by atoms with Gasteiger partial charge in [-0.3, -0.25) is 20.2 Å². The predicted octanol–water partition coefficient (Wildman–Crippen LogP) is 2.67. The van der Waals surface area contributed by atoms with Gasteiger partial charge in [0.25, 0.3) is 11.8 Å². The van der Waals surface area contributed by atoms with Crippen LogP contribution in [-0.2, 0) is 9.59 Å². The van der Waals surface area contributed by atoms with Crippen molar-refractivity contribution in [3.63, 3.8) is 0 Å². The van der Waals surface area contributed by atoms with Crippen LogP contribution in [0.15, 0.2) is 29.8 Å². The number of nitrogens with zero attached hydrogens (tertiary/aromatic N) is 1. The summed E-state index contributed by atoms with van der Waals surface area (Å²) in [5.74, 6) is -0.387. The Morgan fingerprint density at radius 2 is 1.81 bits per heavy atom. The van der Waals surface area contributed by atoms with Crippen molar-refractivity contribution < 1.29 is 14.3 Å². The van der Waals surface area contributed by atoms with Crippen LogP contribution in [-0.4, -0.2) is 28.6 Å². The first-order valence-corrected chi connectivity index (χ1v) is 8.51. The van der Waals surface area contributed by atoms with E-state index in [0.29, 0.717) is 10.8 Å². The minimum Gasteiger partial charge on any atom is -0.495 e. The van der Waals surface area contributed by atoms with Crippen molar-refractivity contribution in [1.82, 2.24) is 15.2 Å². The van der Waals surface area contributed by atoms with E-state index in [0.717, 1.165) is 22.6 Å². The van der Waals surface area contributed by atoms with E-state index < -0.39 is 11.8 Å². The van der Waals surface area contributed by atoms with Gasteiger partial charge in [0.05, 0.1) is 12.8 Å². The highest BCUT2D eigenvalue weighted by molar-refractivity contribution is 7.80. The second-order valence-corrected chi connectivity index (χ2v) is 6.62. The summed E-state index contributed by atoms with van der Waals surface area (Å²) in [4.78, 5) is 24.1. The van der Waals surface area contributed by atoms with Crippen LogP contribution in [0.5, 0.6) is 5.75 Å². The Balaban J connectivity index is 2.12. The van der Waals surface area contributed by atoms with Gasteiger partial charge in [-0.2, -0.15) is 0 Å². The average Bonchev–Trinajstić information content (AvgIpc) is 2.84. The summed E-state index contributed by atoms with van der Waals surface area (Å²) in [6, 6.07) is 7.23. The summed E-state index contributed by atoms with van der Waals surface area (Å²) in [5.41, 5.74) is 3.25. The van der Waals surface area contributed by atoms with E-state index in [9.17, 15) is 9.59 Å². The molecule has 134 valence electrons. The summed E-state index contributed by atoms with van der Waals surface area (Å²) in [5, 5.41) is 5.44. The molecule has 2 aromatic rings. The van der Waals surface area contributed by atoms with Crippen molar-refractivity contribution in [2.24, 2.45) is 0 Å². The molecule has 3 rings (SSSR count). The normalized spacial score (nSPS) is 14.2. The number of ether oxygens (including phenoxy) is 1. The molecule has 0 spiro atoms. The van der Waals surface area contributed by atoms with Gasteiger partial charge in [0.15, 0.2) is 5.11 Å². The molecule has 2 heterocycles. The quantitative estimate of drug-likeness (QED) is 0.481. The van der Waals surface area contributed by atoms with Gasteiger partial charge >= 0.3 is 0 Å². The third kappa shape index (κ3) is 3.23. The van der Waals surface area contributed by atoms with Gasteiger partial charge in [-0.15, -0.1) is 0 Å². The molecule has 8 heteroatoms. The van der Waals surface area contributed by atoms with Gasteiger partial charge in [0.2, 0.25) is 0 Å². The maximum Gasteiger partial charge on any atom is 0.263 e. The van der Waals surface area contributed by atoms with Crippen LogP contribution in [0.4, 0.5) is 0 Å². The number of benzene rings is 1. The SMILES string of the molecule is COc1ccc(Cl)cc1-n1c(C)cc(C=C2C(=O)NC(=S)NC2=O)c1C. The Bertz CT molecular complexity index is 956. The van der Waals surface area contributed by atoms with Crippen LogP contribution in [0.25, 0.3) is 11.8 Å². The fraction of sp³-hybridized carbons (Fsp3) is 0.167. The lowest BCUT2D eigenvalue weighted by Crippen LogP contribution is -2.51. The van der Waals surface area contributed by atoms with Crippen molar-refractivity contribution in [3.05, 3.63) is 51.8 Å². The first-order valence-electron chi connectivity index (χ1n) is 7.73. The molecule has 0 unspecified atom stereocenters. The molecule has 0 aliphatic carbocycles. The smallest absolute Gasteiger partial charge is 0.263 e. The van der Waals surface area contributed by atoms with E-state index >= 15 is 0 Å². The Labute approximate surface area is 160 Å². The number of carbonyl (C=O) groups is 2. The van der Waals surface area contributed by atoms with Crippen LogP contribution in [0.1, 0.15) is 17.0 Å². The van der Waals surface area contributed by atoms with E-state index in [4.69, 9.17) is 28.6 Å². The number of thiocarbonyl (C=S) groups is 1. The van der Waals surface area contributed by atoms with Crippen molar-refractivity contribution in [2.75, 3.05) is 7.11 Å². The third-order valence-electron chi connectivity index (χ3n) is 4.10. The molecule has 1 fully saturated rings. The number of nitrogens with one attached hydrogen (secondary N) is 2. The first kappa shape index (κ1) is 18.2. The molecule has 0 atom stereocenters. The number of rotatable bonds is 3. The fourth-order valence-corrected chi connectivity index (χ4v) is 3.26. The minimum absolute atomic E-state index is 0.00286. The number of hydrogen-bond acceptors (Lipinski definition) is 4. The second kappa shape index (κ2) is 6.93. The zero-order valence-corrected chi connectivity index (χ0v) is 15.9. The number of halogens is 1. The standard InChI is InChI=1S/C18H16ClN3O3S/c1-9-6-11(7-13-16(23)20-18(26)21-17(13)24)10(2)22(9)14-8-12(19)4-5-15(14)25-3/h4-8H,1-3H3,(H2,20,21,23,24,26). The fourth-order valence-electron chi connectivity index (χ4n) is 2.90. The van der Waals surface area contributed by atoms with Crippen molar-refractivity contribution in [3.8, 4) is 11.4 Å². The lowest BCUT2D eigenvalue weighted by atomic mass is 10.1. The monoisotopic (exact) mass is 389 g/mol. The third-order valence-corrected chi connectivity index (χ3v) is 4.53. The highest BCUT2D eigenvalue weighted by Gasteiger charge is 2.26. The number of hydrogen-bond donors (Lipinski definition) is 2. The Morgan fingerprint density at radius 1 is 1.15 bits per heavy atom. The Kier molecular flexibility index (Phi) is 4.84. The molecule has 26 heavy (non-hydrogen) atoms. The maximum atomic E-state index is 12.1. The zero-order valence-electron chi connectivity index (χ0n) is 14.3. The lowest BCUT2D eigenvalue weighted by molar-refractivity contribution is -0.123. The second-order valence-electron chi connectivity index (χ2n) is 5.77. The molecule has 2 N–H and O–H groups in total. The van der Waals surface area contributed by atoms with E-state index in [-0.39, 0.29) is 10.7 Å². The molecular formula is C18H16ClN3O3S. The van der Waals surface area contributed by atoms with E-state index in [2.05, 4.69) is 10.6 Å². The van der Waals surface area contributed by atoms with Crippen molar-refractivity contribution in [2.45, 2.75) is 13.8 Å². The van der Waals surface area contributed by atoms with Crippen LogP contribution in [0, 0.1) is 13.8 Å². The van der Waals surface area contributed by atoms with Gasteiger partial charge < -0.3 is 9.30 Å². The summed E-state index contributed by atoms with van der Waals surface area (Å²) >= 11 is 11.0. The van der Waals surface area contributed by atoms with E-state index in [1.54, 1.807) is 31.4 Å². The van der Waals surface area contributed by atoms with Gasteiger partial charge in [0, 0.05) is 16.4 Å². The van der Waals surface area contributed by atoms with Crippen LogP contribution < -0.4 is 15.4 Å². The topological polar surface area (TPSA) is 72.4 Å². The van der Waals surface area contributed by atoms with E-state index in [1.807, 2.05) is 24.5 Å². The van der Waals surface area contributed by atoms with Crippen molar-refractivity contribution >= 4 is 46.8 Å². The first-order chi connectivity index (χ1) is 12.3. The summed E-state index contributed by atoms with van der Waals surface area (Å²) in [7, 11) is 1.59. The molecule has 1 aliphatic heterocycles. The van der Waals surface area contributed by atoms with Crippen molar-refractivity contribution in [1.29, 1.82) is 0 Å². The number of aromatic nitrogens is 1. The highest BCUT2D eigenvalue weighted by Crippen LogP contribution is 2.31. The minimum atomic E-state index is -0.524. The summed E-state index contributed by atoms with van der Waals surface area (Å²) in [6.07, 6.45) is 1.54. The van der Waals surface area contributed by atoms with Gasteiger partial charge in [-0.25, -0.2) is 0 Å². The molecule has 1 aromatic heterocycles. The number of methoxy groups -OCH3 is 1. The summed E-state index contributed by atoms with van der Waals surface area (Å²) < 4.78 is 7.39. The van der Waals surface area contributed by atoms with Crippen LogP contribution in [0.2, 0.25) is 5.02 Å². The number of amides is 2. The molecule has 1 aromatic carbocycles. The predicted molar refractivity (Wildman–Crippen MR) is 104 cm³/mol. The molecule has 0 bridgehead atoms.